The minimum atomic E-state index is -3.88. The van der Waals surface area contributed by atoms with Crippen LogP contribution in [0.1, 0.15) is 22.3 Å². The molecule has 0 saturated carbocycles. The summed E-state index contributed by atoms with van der Waals surface area (Å²) >= 11 is 0. The van der Waals surface area contributed by atoms with Crippen LogP contribution in [0.25, 0.3) is 10.9 Å². The van der Waals surface area contributed by atoms with Crippen LogP contribution in [0.2, 0.25) is 0 Å². The van der Waals surface area contributed by atoms with Gasteiger partial charge >= 0.3 is 0 Å². The van der Waals surface area contributed by atoms with Gasteiger partial charge in [-0.05, 0) is 67.9 Å². The number of fused-ring (bicyclic) bond motifs is 7. The number of H-pyrrole nitrogens is 1. The van der Waals surface area contributed by atoms with Gasteiger partial charge in [0, 0.05) is 46.1 Å². The number of aromatic amines is 1. The third kappa shape index (κ3) is 7.38. The van der Waals surface area contributed by atoms with Gasteiger partial charge in [0.2, 0.25) is 11.8 Å². The number of amides is 2. The lowest BCUT2D eigenvalue weighted by Gasteiger charge is -2.28. The summed E-state index contributed by atoms with van der Waals surface area (Å²) in [6, 6.07) is 22.0. The molecule has 1 unspecified atom stereocenters. The summed E-state index contributed by atoms with van der Waals surface area (Å²) in [5, 5.41) is 10.3. The van der Waals surface area contributed by atoms with Gasteiger partial charge in [-0.1, -0.05) is 35.9 Å². The molecule has 14 heteroatoms. The van der Waals surface area contributed by atoms with Crippen molar-refractivity contribution in [2.45, 2.75) is 43.3 Å². The minimum Gasteiger partial charge on any atom is -0.486 e. The molecule has 274 valence electrons. The Morgan fingerprint density at radius 3 is 2.09 bits per heavy atom. The Bertz CT molecular complexity index is 2310. The number of benzene rings is 4. The van der Waals surface area contributed by atoms with Gasteiger partial charge in [0.15, 0.2) is 29.1 Å². The molecule has 0 bridgehead atoms. The van der Waals surface area contributed by atoms with E-state index in [0.717, 1.165) is 41.1 Å². The molecule has 53 heavy (non-hydrogen) atoms. The molecule has 0 saturated heterocycles. The van der Waals surface area contributed by atoms with Crippen molar-refractivity contribution >= 4 is 44.2 Å². The van der Waals surface area contributed by atoms with E-state index in [1.165, 1.54) is 28.6 Å². The summed E-state index contributed by atoms with van der Waals surface area (Å²) in [7, 11) is -3.88. The van der Waals surface area contributed by atoms with Crippen LogP contribution in [0, 0.1) is 6.92 Å². The normalized spacial score (nSPS) is 18.1. The summed E-state index contributed by atoms with van der Waals surface area (Å²) in [6.45, 7) is 3.93. The Labute approximate surface area is 306 Å². The molecule has 0 aliphatic carbocycles. The Hall–Kier alpha value is -5.57. The molecule has 4 aliphatic rings. The second-order valence-electron chi connectivity index (χ2n) is 13.3. The summed E-state index contributed by atoms with van der Waals surface area (Å²) in [5.41, 5.74) is 6.58. The lowest BCUT2D eigenvalue weighted by Crippen LogP contribution is -2.39. The van der Waals surface area contributed by atoms with E-state index in [1.54, 1.807) is 24.3 Å². The van der Waals surface area contributed by atoms with Crippen molar-refractivity contribution in [3.8, 4) is 23.0 Å². The SMILES string of the molecule is Cc1ccc(S(=O)(=O)OC[C@H]2COc3ccc4c(c3O2)CC(=O)N4)cc1.O=C1Cc2c(ccc3c2OC(CNCCc2c[nH]c4ccccc24)CO3)N1. The highest BCUT2D eigenvalue weighted by Crippen LogP contribution is 2.43. The van der Waals surface area contributed by atoms with Crippen LogP contribution in [0.4, 0.5) is 11.4 Å². The molecular formula is C39H38N4O9S. The molecule has 1 aromatic heterocycles. The lowest BCUT2D eigenvalue weighted by atomic mass is 10.1. The average Bonchev–Trinajstić information content (AvgIpc) is 3.88. The van der Waals surface area contributed by atoms with Crippen molar-refractivity contribution < 1.29 is 41.1 Å². The first-order valence-electron chi connectivity index (χ1n) is 17.4. The number of para-hydroxylation sites is 1. The third-order valence-corrected chi connectivity index (χ3v) is 10.7. The zero-order valence-electron chi connectivity index (χ0n) is 28.9. The fourth-order valence-corrected chi connectivity index (χ4v) is 7.64. The largest absolute Gasteiger partial charge is 0.486 e. The first-order chi connectivity index (χ1) is 25.7. The first kappa shape index (κ1) is 34.5. The maximum atomic E-state index is 12.3. The van der Waals surface area contributed by atoms with Crippen LogP contribution < -0.4 is 34.9 Å². The number of hydrogen-bond donors (Lipinski definition) is 4. The molecule has 5 aromatic rings. The summed E-state index contributed by atoms with van der Waals surface area (Å²) < 4.78 is 53.2. The molecule has 5 heterocycles. The molecule has 0 fully saturated rings. The van der Waals surface area contributed by atoms with Crippen molar-refractivity contribution in [2.75, 3.05) is 43.5 Å². The van der Waals surface area contributed by atoms with Crippen molar-refractivity contribution in [1.29, 1.82) is 0 Å². The first-order valence-corrected chi connectivity index (χ1v) is 18.8. The monoisotopic (exact) mass is 738 g/mol. The van der Waals surface area contributed by atoms with E-state index in [2.05, 4.69) is 45.3 Å². The number of aryl methyl sites for hydroxylation is 1. The fraction of sp³-hybridized carbons (Fsp3) is 0.282. The van der Waals surface area contributed by atoms with Gasteiger partial charge in [-0.2, -0.15) is 8.42 Å². The van der Waals surface area contributed by atoms with Gasteiger partial charge < -0.3 is 39.9 Å². The number of aromatic nitrogens is 1. The Morgan fingerprint density at radius 1 is 0.792 bits per heavy atom. The zero-order valence-corrected chi connectivity index (χ0v) is 29.7. The molecule has 2 amide bonds. The second-order valence-corrected chi connectivity index (χ2v) is 14.9. The molecule has 9 rings (SSSR count). The van der Waals surface area contributed by atoms with E-state index in [9.17, 15) is 18.0 Å². The highest BCUT2D eigenvalue weighted by Gasteiger charge is 2.32. The molecule has 4 aromatic carbocycles. The maximum Gasteiger partial charge on any atom is 0.297 e. The van der Waals surface area contributed by atoms with Gasteiger partial charge in [0.05, 0.1) is 17.7 Å². The Balaban J connectivity index is 0.000000151. The number of nitrogens with one attached hydrogen (secondary N) is 4. The van der Waals surface area contributed by atoms with Gasteiger partial charge in [0.1, 0.15) is 25.9 Å². The maximum absolute atomic E-state index is 12.3. The summed E-state index contributed by atoms with van der Waals surface area (Å²) in [6.07, 6.45) is 2.92. The zero-order chi connectivity index (χ0) is 36.5. The van der Waals surface area contributed by atoms with Crippen LogP contribution in [0.15, 0.2) is 83.9 Å². The van der Waals surface area contributed by atoms with Gasteiger partial charge in [-0.25, -0.2) is 0 Å². The predicted molar refractivity (Wildman–Crippen MR) is 197 cm³/mol. The average molecular weight is 739 g/mol. The highest BCUT2D eigenvalue weighted by atomic mass is 32.2. The third-order valence-electron chi connectivity index (χ3n) is 9.43. The second kappa shape index (κ2) is 14.5. The van der Waals surface area contributed by atoms with Crippen molar-refractivity contribution in [3.05, 3.63) is 101 Å². The van der Waals surface area contributed by atoms with Crippen LogP contribution in [-0.2, 0) is 43.2 Å². The van der Waals surface area contributed by atoms with Crippen molar-refractivity contribution in [3.63, 3.8) is 0 Å². The van der Waals surface area contributed by atoms with E-state index in [4.69, 9.17) is 23.1 Å². The number of ether oxygens (including phenoxy) is 4. The lowest BCUT2D eigenvalue weighted by molar-refractivity contribution is -0.116. The van der Waals surface area contributed by atoms with Crippen LogP contribution in [0.5, 0.6) is 23.0 Å². The van der Waals surface area contributed by atoms with E-state index in [-0.39, 0.29) is 42.4 Å². The highest BCUT2D eigenvalue weighted by molar-refractivity contribution is 7.86. The van der Waals surface area contributed by atoms with Gasteiger partial charge in [-0.15, -0.1) is 0 Å². The van der Waals surface area contributed by atoms with E-state index >= 15 is 0 Å². The number of carbonyl (C=O) groups excluding carboxylic acids is 2. The molecule has 4 N–H and O–H groups in total. The molecule has 2 atom stereocenters. The number of carbonyl (C=O) groups is 2. The van der Waals surface area contributed by atoms with E-state index < -0.39 is 16.2 Å². The fourth-order valence-electron chi connectivity index (χ4n) is 6.71. The van der Waals surface area contributed by atoms with Crippen molar-refractivity contribution in [1.82, 2.24) is 10.3 Å². The standard InChI is InChI=1S/C21H21N3O3.C18H17NO6S/c25-20-9-16-18(24-20)5-6-19-21(16)27-14(12-26-19)11-22-8-7-13-10-23-17-4-2-1-3-15(13)17;1-11-2-4-13(5-3-11)26(21,22)24-10-12-9-23-16-7-6-15-14(18(16)25-12)8-17(20)19-15/h1-6,10,14,22-23H,7-9,11-12H2,(H,24,25);2-7,12H,8-10H2,1H3,(H,19,20)/t;12-/m.1/s1. The molecule has 13 nitrogen and oxygen atoms in total. The van der Waals surface area contributed by atoms with E-state index in [0.29, 0.717) is 42.5 Å². The van der Waals surface area contributed by atoms with Gasteiger partial charge in [0.25, 0.3) is 10.1 Å². The number of hydrogen-bond acceptors (Lipinski definition) is 10. The molecule has 4 aliphatic heterocycles. The summed E-state index contributed by atoms with van der Waals surface area (Å²) in [5.74, 6) is 2.32. The van der Waals surface area contributed by atoms with E-state index in [1.807, 2.05) is 25.1 Å². The van der Waals surface area contributed by atoms with Crippen LogP contribution >= 0.6 is 0 Å². The Kier molecular flexibility index (Phi) is 9.41. The minimum absolute atomic E-state index is 0.000905. The molecule has 0 spiro atoms. The topological polar surface area (TPSA) is 166 Å². The van der Waals surface area contributed by atoms with Gasteiger partial charge in [-0.3, -0.25) is 13.8 Å². The van der Waals surface area contributed by atoms with Crippen molar-refractivity contribution in [2.24, 2.45) is 0 Å². The molecule has 0 radical (unpaired) electrons. The predicted octanol–water partition coefficient (Wildman–Crippen LogP) is 4.67. The van der Waals surface area contributed by atoms with Crippen LogP contribution in [-0.4, -0.2) is 70.3 Å². The molecular weight excluding hydrogens is 701 g/mol. The van der Waals surface area contributed by atoms with Crippen LogP contribution in [0.3, 0.4) is 0 Å². The quantitative estimate of drug-likeness (QED) is 0.123. The smallest absolute Gasteiger partial charge is 0.297 e. The summed E-state index contributed by atoms with van der Waals surface area (Å²) in [4.78, 5) is 26.7. The number of rotatable bonds is 9. The Morgan fingerprint density at radius 2 is 1.42 bits per heavy atom. The number of anilines is 2.